The van der Waals surface area contributed by atoms with Gasteiger partial charge in [-0.2, -0.15) is 4.98 Å². The van der Waals surface area contributed by atoms with E-state index in [4.69, 9.17) is 11.6 Å². The van der Waals surface area contributed by atoms with Crippen LogP contribution in [0.3, 0.4) is 0 Å². The molecule has 0 bridgehead atoms. The molecule has 0 unspecified atom stereocenters. The summed E-state index contributed by atoms with van der Waals surface area (Å²) < 4.78 is 14.1. The summed E-state index contributed by atoms with van der Waals surface area (Å²) in [5.74, 6) is 0.177. The molecule has 1 saturated carbocycles. The molecule has 4 rings (SSSR count). The van der Waals surface area contributed by atoms with Gasteiger partial charge in [0.25, 0.3) is 0 Å². The molecular weight excluding hydrogens is 379 g/mol. The van der Waals surface area contributed by atoms with Crippen molar-refractivity contribution in [2.75, 3.05) is 48.8 Å². The van der Waals surface area contributed by atoms with Gasteiger partial charge in [-0.3, -0.25) is 0 Å². The van der Waals surface area contributed by atoms with Crippen LogP contribution in [-0.4, -0.2) is 54.1 Å². The highest BCUT2D eigenvalue weighted by Crippen LogP contribution is 2.31. The van der Waals surface area contributed by atoms with Crippen LogP contribution in [0.25, 0.3) is 0 Å². The molecule has 1 aromatic carbocycles. The number of hydrogen-bond acceptors (Lipinski definition) is 6. The number of anilines is 4. The normalized spacial score (nSPS) is 18.5. The number of hydrogen-bond donors (Lipinski definition) is 2. The van der Waals surface area contributed by atoms with Gasteiger partial charge < -0.3 is 20.4 Å². The lowest BCUT2D eigenvalue weighted by molar-refractivity contribution is 0.313. The maximum absolute atomic E-state index is 14.1. The van der Waals surface area contributed by atoms with Crippen molar-refractivity contribution >= 4 is 34.7 Å². The Hall–Kier alpha value is -2.12. The minimum atomic E-state index is -0.430. The van der Waals surface area contributed by atoms with Gasteiger partial charge in [0.1, 0.15) is 0 Å². The fourth-order valence-electron chi connectivity index (χ4n) is 3.81. The monoisotopic (exact) mass is 404 g/mol. The zero-order valence-corrected chi connectivity index (χ0v) is 16.8. The summed E-state index contributed by atoms with van der Waals surface area (Å²) >= 11 is 6.53. The first kappa shape index (κ1) is 19.2. The lowest BCUT2D eigenvalue weighted by Gasteiger charge is -2.34. The smallest absolute Gasteiger partial charge is 0.229 e. The number of halogens is 2. The summed E-state index contributed by atoms with van der Waals surface area (Å²) in [5.41, 5.74) is 1.81. The van der Waals surface area contributed by atoms with E-state index >= 15 is 0 Å². The summed E-state index contributed by atoms with van der Waals surface area (Å²) in [6.45, 7) is 3.97. The summed E-state index contributed by atoms with van der Waals surface area (Å²) in [6.07, 6.45) is 5.65. The lowest BCUT2D eigenvalue weighted by atomic mass is 10.2. The second-order valence-electron chi connectivity index (χ2n) is 7.60. The Balaban J connectivity index is 1.46. The van der Waals surface area contributed by atoms with Crippen molar-refractivity contribution in [1.82, 2.24) is 14.9 Å². The molecule has 0 spiro atoms. The third kappa shape index (κ3) is 4.47. The van der Waals surface area contributed by atoms with Gasteiger partial charge in [-0.05, 0) is 38.1 Å². The molecule has 2 aliphatic rings. The van der Waals surface area contributed by atoms with Gasteiger partial charge >= 0.3 is 0 Å². The first-order valence-electron chi connectivity index (χ1n) is 9.87. The van der Waals surface area contributed by atoms with E-state index in [9.17, 15) is 4.39 Å². The van der Waals surface area contributed by atoms with Crippen LogP contribution >= 0.6 is 11.6 Å². The van der Waals surface area contributed by atoms with Gasteiger partial charge in [0.15, 0.2) is 11.6 Å². The maximum atomic E-state index is 14.1. The Morgan fingerprint density at radius 3 is 2.61 bits per heavy atom. The van der Waals surface area contributed by atoms with Crippen LogP contribution in [0.4, 0.5) is 27.5 Å². The molecule has 2 fully saturated rings. The van der Waals surface area contributed by atoms with Crippen LogP contribution in [0.2, 0.25) is 5.02 Å². The molecule has 1 saturated heterocycles. The molecular formula is C20H26ClFN6. The molecule has 6 nitrogen and oxygen atoms in total. The maximum Gasteiger partial charge on any atom is 0.229 e. The van der Waals surface area contributed by atoms with E-state index in [2.05, 4.69) is 37.4 Å². The summed E-state index contributed by atoms with van der Waals surface area (Å²) in [4.78, 5) is 13.0. The fraction of sp³-hybridized carbons (Fsp3) is 0.500. The Morgan fingerprint density at radius 1 is 1.14 bits per heavy atom. The zero-order chi connectivity index (χ0) is 19.5. The summed E-state index contributed by atoms with van der Waals surface area (Å²) in [6, 6.07) is 6.12. The van der Waals surface area contributed by atoms with Crippen molar-refractivity contribution < 1.29 is 4.39 Å². The molecule has 1 aromatic heterocycles. The van der Waals surface area contributed by atoms with Gasteiger partial charge in [0.2, 0.25) is 5.95 Å². The lowest BCUT2D eigenvalue weighted by Crippen LogP contribution is -2.44. The van der Waals surface area contributed by atoms with Crippen LogP contribution < -0.4 is 15.5 Å². The topological polar surface area (TPSA) is 56.3 Å². The highest BCUT2D eigenvalue weighted by molar-refractivity contribution is 6.33. The highest BCUT2D eigenvalue weighted by atomic mass is 35.5. The van der Waals surface area contributed by atoms with E-state index in [1.54, 1.807) is 0 Å². The predicted octanol–water partition coefficient (Wildman–Crippen LogP) is 4.12. The number of aromatic nitrogens is 2. The first-order valence-corrected chi connectivity index (χ1v) is 10.3. The third-order valence-corrected chi connectivity index (χ3v) is 5.79. The standard InChI is InChI=1S/C20H26ClFN6/c1-27-8-10-28(11-9-27)18-7-6-15(12-16(18)21)25-20-23-13-17(22)19(26-20)24-14-4-2-3-5-14/h6-7,12-14H,2-5,8-11H2,1H3,(H2,23,24,25,26). The van der Waals surface area contributed by atoms with E-state index < -0.39 is 5.82 Å². The number of nitrogens with zero attached hydrogens (tertiary/aromatic N) is 4. The molecule has 1 aliphatic heterocycles. The van der Waals surface area contributed by atoms with E-state index in [1.165, 1.54) is 19.0 Å². The van der Waals surface area contributed by atoms with Crippen molar-refractivity contribution in [3.63, 3.8) is 0 Å². The van der Waals surface area contributed by atoms with Crippen molar-refractivity contribution in [2.45, 2.75) is 31.7 Å². The average molecular weight is 405 g/mol. The number of rotatable bonds is 5. The molecule has 2 N–H and O–H groups in total. The Labute approximate surface area is 170 Å². The average Bonchev–Trinajstić information content (AvgIpc) is 3.19. The molecule has 8 heteroatoms. The summed E-state index contributed by atoms with van der Waals surface area (Å²) in [5, 5.41) is 7.02. The minimum absolute atomic E-state index is 0.254. The Morgan fingerprint density at radius 2 is 1.89 bits per heavy atom. The van der Waals surface area contributed by atoms with Crippen molar-refractivity contribution in [3.8, 4) is 0 Å². The highest BCUT2D eigenvalue weighted by Gasteiger charge is 2.19. The molecule has 150 valence electrons. The van der Waals surface area contributed by atoms with Crippen LogP contribution in [0.5, 0.6) is 0 Å². The van der Waals surface area contributed by atoms with E-state index in [0.29, 0.717) is 11.0 Å². The van der Waals surface area contributed by atoms with Crippen LogP contribution in [0, 0.1) is 5.82 Å². The van der Waals surface area contributed by atoms with E-state index in [-0.39, 0.29) is 11.9 Å². The Kier molecular flexibility index (Phi) is 5.82. The van der Waals surface area contributed by atoms with Gasteiger partial charge in [-0.25, -0.2) is 9.37 Å². The molecule has 0 radical (unpaired) electrons. The number of nitrogens with one attached hydrogen (secondary N) is 2. The van der Waals surface area contributed by atoms with Crippen molar-refractivity contribution in [3.05, 3.63) is 35.2 Å². The molecule has 0 atom stereocenters. The zero-order valence-electron chi connectivity index (χ0n) is 16.1. The summed E-state index contributed by atoms with van der Waals surface area (Å²) in [7, 11) is 2.13. The number of piperazine rings is 1. The van der Waals surface area contributed by atoms with Crippen LogP contribution in [-0.2, 0) is 0 Å². The minimum Gasteiger partial charge on any atom is -0.368 e. The van der Waals surface area contributed by atoms with Gasteiger partial charge in [-0.15, -0.1) is 0 Å². The van der Waals surface area contributed by atoms with Crippen LogP contribution in [0.1, 0.15) is 25.7 Å². The molecule has 1 aliphatic carbocycles. The van der Waals surface area contributed by atoms with E-state index in [1.807, 2.05) is 18.2 Å². The molecule has 0 amide bonds. The molecule has 28 heavy (non-hydrogen) atoms. The first-order chi connectivity index (χ1) is 13.6. The van der Waals surface area contributed by atoms with Gasteiger partial charge in [0, 0.05) is 37.9 Å². The van der Waals surface area contributed by atoms with Gasteiger partial charge in [0.05, 0.1) is 16.9 Å². The number of benzene rings is 1. The fourth-order valence-corrected chi connectivity index (χ4v) is 4.11. The second-order valence-corrected chi connectivity index (χ2v) is 8.00. The van der Waals surface area contributed by atoms with Crippen molar-refractivity contribution in [2.24, 2.45) is 0 Å². The third-order valence-electron chi connectivity index (χ3n) is 5.49. The SMILES string of the molecule is CN1CCN(c2ccc(Nc3ncc(F)c(NC4CCCC4)n3)cc2Cl)CC1. The quantitative estimate of drug-likeness (QED) is 0.781. The second kappa shape index (κ2) is 8.49. The predicted molar refractivity (Wildman–Crippen MR) is 112 cm³/mol. The molecule has 2 aromatic rings. The van der Waals surface area contributed by atoms with Gasteiger partial charge in [-0.1, -0.05) is 24.4 Å². The van der Waals surface area contributed by atoms with Crippen molar-refractivity contribution in [1.29, 1.82) is 0 Å². The Bertz CT molecular complexity index is 818. The van der Waals surface area contributed by atoms with Crippen LogP contribution in [0.15, 0.2) is 24.4 Å². The number of likely N-dealkylation sites (N-methyl/N-ethyl adjacent to an activating group) is 1. The molecule has 2 heterocycles. The van der Waals surface area contributed by atoms with E-state index in [0.717, 1.165) is 50.4 Å². The largest absolute Gasteiger partial charge is 0.368 e.